The van der Waals surface area contributed by atoms with Gasteiger partial charge in [-0.25, -0.2) is 4.99 Å². The number of rotatable bonds is 4. The summed E-state index contributed by atoms with van der Waals surface area (Å²) < 4.78 is 10.7. The molecule has 0 aromatic heterocycles. The van der Waals surface area contributed by atoms with Gasteiger partial charge in [0.15, 0.2) is 0 Å². The molecule has 23 heavy (non-hydrogen) atoms. The van der Waals surface area contributed by atoms with Gasteiger partial charge in [0, 0.05) is 29.4 Å². The van der Waals surface area contributed by atoms with Crippen molar-refractivity contribution in [3.63, 3.8) is 0 Å². The third-order valence-corrected chi connectivity index (χ3v) is 3.92. The number of aliphatic imine (C=N–C) groups is 1. The molecule has 1 atom stereocenters. The molecular formula is C17H20N4O2. The Hall–Kier alpha value is -2.73. The van der Waals surface area contributed by atoms with Crippen molar-refractivity contribution in [2.75, 3.05) is 20.0 Å². The molecule has 0 saturated carbocycles. The van der Waals surface area contributed by atoms with Crippen LogP contribution >= 0.6 is 0 Å². The first-order valence-electron chi connectivity index (χ1n) is 7.28. The molecule has 120 valence electrons. The fourth-order valence-corrected chi connectivity index (χ4v) is 2.63. The number of hydrogen-bond donors (Lipinski definition) is 2. The molecule has 0 bridgehead atoms. The highest BCUT2D eigenvalue weighted by Crippen LogP contribution is 2.33. The van der Waals surface area contributed by atoms with Crippen LogP contribution in [0.5, 0.6) is 11.5 Å². The van der Waals surface area contributed by atoms with Crippen molar-refractivity contribution in [2.45, 2.75) is 12.7 Å². The molecule has 1 unspecified atom stereocenters. The minimum absolute atomic E-state index is 0.308. The van der Waals surface area contributed by atoms with Crippen molar-refractivity contribution in [3.8, 4) is 11.5 Å². The van der Waals surface area contributed by atoms with E-state index in [4.69, 9.17) is 20.9 Å². The second-order valence-electron chi connectivity index (χ2n) is 5.36. The largest absolute Gasteiger partial charge is 0.497 e. The van der Waals surface area contributed by atoms with E-state index in [9.17, 15) is 0 Å². The van der Waals surface area contributed by atoms with Gasteiger partial charge in [-0.2, -0.15) is 0 Å². The molecule has 3 rings (SSSR count). The molecule has 1 heterocycles. The van der Waals surface area contributed by atoms with E-state index in [-0.39, 0.29) is 6.17 Å². The lowest BCUT2D eigenvalue weighted by molar-refractivity contribution is 0.313. The Kier molecular flexibility index (Phi) is 4.08. The molecule has 0 spiro atoms. The number of hydrogen-bond acceptors (Lipinski definition) is 6. The molecule has 1 aliphatic heterocycles. The lowest BCUT2D eigenvalue weighted by Crippen LogP contribution is -2.35. The summed E-state index contributed by atoms with van der Waals surface area (Å²) in [4.78, 5) is 6.40. The highest BCUT2D eigenvalue weighted by molar-refractivity contribution is 5.70. The minimum Gasteiger partial charge on any atom is -0.497 e. The third-order valence-electron chi connectivity index (χ3n) is 3.92. The number of nitrogens with zero attached hydrogens (tertiary/aromatic N) is 2. The summed E-state index contributed by atoms with van der Waals surface area (Å²) in [5, 5.41) is 0. The first-order valence-corrected chi connectivity index (χ1v) is 7.28. The van der Waals surface area contributed by atoms with Crippen LogP contribution in [0.25, 0.3) is 0 Å². The monoisotopic (exact) mass is 312 g/mol. The van der Waals surface area contributed by atoms with Crippen molar-refractivity contribution in [2.24, 2.45) is 10.7 Å². The van der Waals surface area contributed by atoms with E-state index in [1.54, 1.807) is 20.6 Å². The van der Waals surface area contributed by atoms with Crippen LogP contribution in [0.2, 0.25) is 0 Å². The molecule has 0 fully saturated rings. The zero-order chi connectivity index (χ0) is 16.4. The molecule has 0 saturated heterocycles. The van der Waals surface area contributed by atoms with E-state index in [1.807, 2.05) is 41.3 Å². The van der Waals surface area contributed by atoms with Crippen molar-refractivity contribution in [1.82, 2.24) is 4.90 Å². The Morgan fingerprint density at radius 3 is 2.70 bits per heavy atom. The molecule has 2 aromatic rings. The molecular weight excluding hydrogens is 292 g/mol. The average Bonchev–Trinajstić information content (AvgIpc) is 2.58. The summed E-state index contributed by atoms with van der Waals surface area (Å²) in [7, 11) is 3.27. The van der Waals surface area contributed by atoms with Crippen molar-refractivity contribution >= 4 is 17.7 Å². The zero-order valence-corrected chi connectivity index (χ0v) is 13.2. The number of nitrogens with two attached hydrogens (primary N) is 2. The first-order chi connectivity index (χ1) is 11.1. The first kappa shape index (κ1) is 15.2. The maximum atomic E-state index is 6.37. The predicted molar refractivity (Wildman–Crippen MR) is 91.0 cm³/mol. The lowest BCUT2D eigenvalue weighted by atomic mass is 10.1. The second-order valence-corrected chi connectivity index (χ2v) is 5.36. The number of ether oxygens (including phenoxy) is 2. The minimum atomic E-state index is -0.308. The number of fused-ring (bicyclic) bond motifs is 1. The second kappa shape index (κ2) is 6.18. The van der Waals surface area contributed by atoms with E-state index in [2.05, 4.69) is 4.99 Å². The SMILES string of the molecule is COc1ccc(CN2C=Nc3ccc(N)cc3C2N)c(OC)c1. The quantitative estimate of drug-likeness (QED) is 0.847. The van der Waals surface area contributed by atoms with Crippen LogP contribution < -0.4 is 20.9 Å². The number of anilines is 1. The molecule has 0 aliphatic carbocycles. The van der Waals surface area contributed by atoms with Crippen LogP contribution in [0.1, 0.15) is 17.3 Å². The average molecular weight is 312 g/mol. The van der Waals surface area contributed by atoms with E-state index in [1.165, 1.54) is 0 Å². The molecule has 4 N–H and O–H groups in total. The van der Waals surface area contributed by atoms with Crippen molar-refractivity contribution < 1.29 is 9.47 Å². The standard InChI is InChI=1S/C17H20N4O2/c1-22-13-5-3-11(16(8-13)23-2)9-21-10-20-15-6-4-12(18)7-14(15)17(21)19/h3-8,10,17H,9,18-19H2,1-2H3. The summed E-state index contributed by atoms with van der Waals surface area (Å²) >= 11 is 0. The van der Waals surface area contributed by atoms with Crippen molar-refractivity contribution in [1.29, 1.82) is 0 Å². The summed E-state index contributed by atoms with van der Waals surface area (Å²) in [6.07, 6.45) is 1.45. The normalized spacial score (nSPS) is 16.1. The van der Waals surface area contributed by atoms with Crippen molar-refractivity contribution in [3.05, 3.63) is 47.5 Å². The Bertz CT molecular complexity index is 745. The van der Waals surface area contributed by atoms with E-state index in [0.29, 0.717) is 12.2 Å². The van der Waals surface area contributed by atoms with Crippen LogP contribution in [-0.4, -0.2) is 25.5 Å². The van der Waals surface area contributed by atoms with Crippen LogP contribution in [0.3, 0.4) is 0 Å². The summed E-state index contributed by atoms with van der Waals surface area (Å²) in [5.74, 6) is 1.50. The smallest absolute Gasteiger partial charge is 0.127 e. The number of methoxy groups -OCH3 is 2. The Balaban J connectivity index is 1.87. The van der Waals surface area contributed by atoms with Gasteiger partial charge in [0.25, 0.3) is 0 Å². The van der Waals surface area contributed by atoms with E-state index >= 15 is 0 Å². The van der Waals surface area contributed by atoms with Gasteiger partial charge < -0.3 is 25.8 Å². The van der Waals surface area contributed by atoms with Gasteiger partial charge in [0.05, 0.1) is 26.2 Å². The highest BCUT2D eigenvalue weighted by atomic mass is 16.5. The molecule has 0 radical (unpaired) electrons. The summed E-state index contributed by atoms with van der Waals surface area (Å²) in [6, 6.07) is 11.3. The Labute approximate surface area is 135 Å². The fraction of sp³-hybridized carbons (Fsp3) is 0.235. The topological polar surface area (TPSA) is 86.1 Å². The van der Waals surface area contributed by atoms with Crippen LogP contribution in [0.4, 0.5) is 11.4 Å². The fourth-order valence-electron chi connectivity index (χ4n) is 2.63. The van der Waals surface area contributed by atoms with Crippen LogP contribution in [0.15, 0.2) is 41.4 Å². The maximum Gasteiger partial charge on any atom is 0.127 e. The third kappa shape index (κ3) is 2.93. The summed E-state index contributed by atoms with van der Waals surface area (Å²) in [5.41, 5.74) is 15.7. The summed E-state index contributed by atoms with van der Waals surface area (Å²) in [6.45, 7) is 0.575. The van der Waals surface area contributed by atoms with Gasteiger partial charge in [-0.3, -0.25) is 0 Å². The Morgan fingerprint density at radius 2 is 1.96 bits per heavy atom. The Morgan fingerprint density at radius 1 is 1.13 bits per heavy atom. The van der Waals surface area contributed by atoms with E-state index < -0.39 is 0 Å². The van der Waals surface area contributed by atoms with Gasteiger partial charge in [0.2, 0.25) is 0 Å². The van der Waals surface area contributed by atoms with E-state index in [0.717, 1.165) is 28.3 Å². The van der Waals surface area contributed by atoms with Gasteiger partial charge >= 0.3 is 0 Å². The molecule has 1 aliphatic rings. The van der Waals surface area contributed by atoms with Crippen LogP contribution in [0, 0.1) is 0 Å². The number of nitrogen functional groups attached to an aromatic ring is 1. The van der Waals surface area contributed by atoms with Gasteiger partial charge in [-0.1, -0.05) is 0 Å². The van der Waals surface area contributed by atoms with Crippen LogP contribution in [-0.2, 0) is 6.54 Å². The molecule has 0 amide bonds. The molecule has 6 heteroatoms. The zero-order valence-electron chi connectivity index (χ0n) is 13.2. The molecule has 2 aromatic carbocycles. The molecule has 6 nitrogen and oxygen atoms in total. The lowest BCUT2D eigenvalue weighted by Gasteiger charge is -2.31. The van der Waals surface area contributed by atoms with Gasteiger partial charge in [-0.05, 0) is 30.3 Å². The predicted octanol–water partition coefficient (Wildman–Crippen LogP) is 2.42. The van der Waals surface area contributed by atoms with Gasteiger partial charge in [0.1, 0.15) is 17.7 Å². The number of benzene rings is 2. The van der Waals surface area contributed by atoms with Gasteiger partial charge in [-0.15, -0.1) is 0 Å². The maximum absolute atomic E-state index is 6.37. The highest BCUT2D eigenvalue weighted by Gasteiger charge is 2.22.